The van der Waals surface area contributed by atoms with E-state index in [0.29, 0.717) is 31.6 Å². The van der Waals surface area contributed by atoms with Gasteiger partial charge in [0.15, 0.2) is 0 Å². The zero-order valence-corrected chi connectivity index (χ0v) is 8.83. The lowest BCUT2D eigenvalue weighted by Gasteiger charge is -2.27. The van der Waals surface area contributed by atoms with Crippen molar-refractivity contribution < 1.29 is 18.6 Å². The lowest BCUT2D eigenvalue weighted by Crippen LogP contribution is -2.33. The number of hydrogen-bond acceptors (Lipinski definition) is 2. The summed E-state index contributed by atoms with van der Waals surface area (Å²) in [6.07, 6.45) is 0.499. The average molecular weight is 228 g/mol. The molecule has 88 valence electrons. The van der Waals surface area contributed by atoms with Gasteiger partial charge in [-0.15, -0.1) is 0 Å². The Morgan fingerprint density at radius 2 is 2.19 bits per heavy atom. The second-order valence-electron chi connectivity index (χ2n) is 4.13. The van der Waals surface area contributed by atoms with Crippen molar-refractivity contribution in [1.29, 1.82) is 0 Å². The van der Waals surface area contributed by atoms with E-state index < -0.39 is 17.7 Å². The standard InChI is InChI=1S/C12H14F2O2/c13-10-2-1-8(11(14)6-10)5-9-7-16-4-3-12(9)15/h1-2,6,9,12,15H,3-5,7H2. The van der Waals surface area contributed by atoms with Crippen molar-refractivity contribution in [1.82, 2.24) is 0 Å². The zero-order chi connectivity index (χ0) is 11.5. The Morgan fingerprint density at radius 3 is 2.88 bits per heavy atom. The van der Waals surface area contributed by atoms with Crippen molar-refractivity contribution in [3.63, 3.8) is 0 Å². The lowest BCUT2D eigenvalue weighted by atomic mass is 9.91. The van der Waals surface area contributed by atoms with Crippen molar-refractivity contribution >= 4 is 0 Å². The summed E-state index contributed by atoms with van der Waals surface area (Å²) in [7, 11) is 0. The quantitative estimate of drug-likeness (QED) is 0.837. The van der Waals surface area contributed by atoms with Crippen LogP contribution in [0.25, 0.3) is 0 Å². The molecule has 0 bridgehead atoms. The first-order valence-electron chi connectivity index (χ1n) is 5.36. The number of benzene rings is 1. The first-order chi connectivity index (χ1) is 7.66. The smallest absolute Gasteiger partial charge is 0.129 e. The molecule has 1 saturated heterocycles. The highest BCUT2D eigenvalue weighted by molar-refractivity contribution is 5.19. The van der Waals surface area contributed by atoms with Crippen LogP contribution >= 0.6 is 0 Å². The van der Waals surface area contributed by atoms with E-state index in [1.165, 1.54) is 12.1 Å². The van der Waals surface area contributed by atoms with Crippen LogP contribution < -0.4 is 0 Å². The molecule has 1 aliphatic heterocycles. The predicted molar refractivity (Wildman–Crippen MR) is 55.0 cm³/mol. The predicted octanol–water partition coefficient (Wildman–Crippen LogP) is 1.90. The molecule has 2 nitrogen and oxygen atoms in total. The van der Waals surface area contributed by atoms with Gasteiger partial charge in [0.2, 0.25) is 0 Å². The van der Waals surface area contributed by atoms with Gasteiger partial charge in [-0.25, -0.2) is 8.78 Å². The molecule has 16 heavy (non-hydrogen) atoms. The van der Waals surface area contributed by atoms with E-state index in [1.54, 1.807) is 0 Å². The van der Waals surface area contributed by atoms with E-state index in [-0.39, 0.29) is 5.92 Å². The Labute approximate surface area is 92.9 Å². The molecular formula is C12H14F2O2. The number of rotatable bonds is 2. The van der Waals surface area contributed by atoms with E-state index in [9.17, 15) is 13.9 Å². The normalized spacial score (nSPS) is 25.7. The highest BCUT2D eigenvalue weighted by Crippen LogP contribution is 2.21. The molecule has 1 heterocycles. The van der Waals surface area contributed by atoms with Gasteiger partial charge in [0.1, 0.15) is 11.6 Å². The number of aliphatic hydroxyl groups is 1. The molecule has 2 unspecified atom stereocenters. The number of ether oxygens (including phenoxy) is 1. The highest BCUT2D eigenvalue weighted by Gasteiger charge is 2.24. The SMILES string of the molecule is OC1CCOCC1Cc1ccc(F)cc1F. The van der Waals surface area contributed by atoms with E-state index in [4.69, 9.17) is 4.74 Å². The Bertz CT molecular complexity index is 368. The molecule has 1 aromatic rings. The lowest BCUT2D eigenvalue weighted by molar-refractivity contribution is -0.0352. The number of hydrogen-bond donors (Lipinski definition) is 1. The fourth-order valence-electron chi connectivity index (χ4n) is 1.95. The molecule has 4 heteroatoms. The van der Waals surface area contributed by atoms with E-state index in [1.807, 2.05) is 0 Å². The second-order valence-corrected chi connectivity index (χ2v) is 4.13. The maximum Gasteiger partial charge on any atom is 0.129 e. The summed E-state index contributed by atoms with van der Waals surface area (Å²) in [4.78, 5) is 0. The van der Waals surface area contributed by atoms with Crippen LogP contribution in [0.4, 0.5) is 8.78 Å². The van der Waals surface area contributed by atoms with E-state index in [2.05, 4.69) is 0 Å². The fraction of sp³-hybridized carbons (Fsp3) is 0.500. The maximum absolute atomic E-state index is 13.4. The molecule has 2 atom stereocenters. The van der Waals surface area contributed by atoms with Crippen molar-refractivity contribution in [2.75, 3.05) is 13.2 Å². The summed E-state index contributed by atoms with van der Waals surface area (Å²) in [5, 5.41) is 9.70. The molecule has 1 N–H and O–H groups in total. The summed E-state index contributed by atoms with van der Waals surface area (Å²) in [6, 6.07) is 3.52. The molecule has 0 aliphatic carbocycles. The van der Waals surface area contributed by atoms with Crippen molar-refractivity contribution in [3.05, 3.63) is 35.4 Å². The maximum atomic E-state index is 13.4. The van der Waals surface area contributed by atoms with Gasteiger partial charge in [-0.1, -0.05) is 6.07 Å². The van der Waals surface area contributed by atoms with Crippen LogP contribution in [0.2, 0.25) is 0 Å². The van der Waals surface area contributed by atoms with Gasteiger partial charge < -0.3 is 9.84 Å². The van der Waals surface area contributed by atoms with Crippen LogP contribution in [0, 0.1) is 17.6 Å². The summed E-state index contributed by atoms with van der Waals surface area (Å²) < 4.78 is 31.3. The third-order valence-corrected chi connectivity index (χ3v) is 2.93. The van der Waals surface area contributed by atoms with Gasteiger partial charge in [-0.05, 0) is 24.5 Å². The first kappa shape index (κ1) is 11.5. The summed E-state index contributed by atoms with van der Waals surface area (Å²) >= 11 is 0. The molecule has 0 amide bonds. The Morgan fingerprint density at radius 1 is 1.38 bits per heavy atom. The molecule has 0 aromatic heterocycles. The molecular weight excluding hydrogens is 214 g/mol. The van der Waals surface area contributed by atoms with Gasteiger partial charge in [-0.2, -0.15) is 0 Å². The van der Waals surface area contributed by atoms with E-state index >= 15 is 0 Å². The highest BCUT2D eigenvalue weighted by atomic mass is 19.1. The molecule has 0 saturated carbocycles. The minimum Gasteiger partial charge on any atom is -0.393 e. The Kier molecular flexibility index (Phi) is 3.51. The Balaban J connectivity index is 2.07. The monoisotopic (exact) mass is 228 g/mol. The van der Waals surface area contributed by atoms with Crippen LogP contribution in [0.1, 0.15) is 12.0 Å². The third-order valence-electron chi connectivity index (χ3n) is 2.93. The van der Waals surface area contributed by atoms with E-state index in [0.717, 1.165) is 6.07 Å². The molecule has 2 rings (SSSR count). The van der Waals surface area contributed by atoms with Gasteiger partial charge in [0.25, 0.3) is 0 Å². The average Bonchev–Trinajstić information content (AvgIpc) is 2.25. The minimum atomic E-state index is -0.582. The van der Waals surface area contributed by atoms with Crippen LogP contribution in [-0.2, 0) is 11.2 Å². The van der Waals surface area contributed by atoms with Gasteiger partial charge in [0.05, 0.1) is 12.7 Å². The summed E-state index contributed by atoms with van der Waals surface area (Å²) in [5.41, 5.74) is 0.427. The van der Waals surface area contributed by atoms with Crippen molar-refractivity contribution in [3.8, 4) is 0 Å². The molecule has 0 radical (unpaired) electrons. The second kappa shape index (κ2) is 4.89. The van der Waals surface area contributed by atoms with Gasteiger partial charge in [-0.3, -0.25) is 0 Å². The third kappa shape index (κ3) is 2.57. The van der Waals surface area contributed by atoms with Crippen LogP contribution in [-0.4, -0.2) is 24.4 Å². The number of halogens is 2. The molecule has 1 aromatic carbocycles. The fourth-order valence-corrected chi connectivity index (χ4v) is 1.95. The molecule has 1 fully saturated rings. The Hall–Kier alpha value is -1.00. The minimum absolute atomic E-state index is 0.103. The first-order valence-corrected chi connectivity index (χ1v) is 5.36. The largest absolute Gasteiger partial charge is 0.393 e. The topological polar surface area (TPSA) is 29.5 Å². The van der Waals surface area contributed by atoms with Crippen LogP contribution in [0.5, 0.6) is 0 Å². The molecule has 1 aliphatic rings. The van der Waals surface area contributed by atoms with Gasteiger partial charge >= 0.3 is 0 Å². The van der Waals surface area contributed by atoms with Crippen LogP contribution in [0.3, 0.4) is 0 Å². The number of aliphatic hydroxyl groups excluding tert-OH is 1. The van der Waals surface area contributed by atoms with Crippen LogP contribution in [0.15, 0.2) is 18.2 Å². The van der Waals surface area contributed by atoms with Crippen molar-refractivity contribution in [2.24, 2.45) is 5.92 Å². The van der Waals surface area contributed by atoms with Crippen molar-refractivity contribution in [2.45, 2.75) is 18.9 Å². The van der Waals surface area contributed by atoms with Gasteiger partial charge in [0, 0.05) is 18.6 Å². The summed E-state index contributed by atoms with van der Waals surface area (Å²) in [6.45, 7) is 0.974. The zero-order valence-electron chi connectivity index (χ0n) is 8.83. The molecule has 0 spiro atoms. The summed E-state index contributed by atoms with van der Waals surface area (Å²) in [5.74, 6) is -1.24.